The molecule has 1 fully saturated rings. The van der Waals surface area contributed by atoms with E-state index in [-0.39, 0.29) is 11.9 Å². The van der Waals surface area contributed by atoms with Gasteiger partial charge in [-0.05, 0) is 30.7 Å². The van der Waals surface area contributed by atoms with Crippen LogP contribution in [0.3, 0.4) is 0 Å². The van der Waals surface area contributed by atoms with Crippen molar-refractivity contribution in [3.05, 3.63) is 29.8 Å². The Morgan fingerprint density at radius 2 is 2.39 bits per heavy atom. The molecule has 0 radical (unpaired) electrons. The van der Waals surface area contributed by atoms with Gasteiger partial charge in [-0.25, -0.2) is 4.98 Å². The Labute approximate surface area is 111 Å². The van der Waals surface area contributed by atoms with E-state index in [2.05, 4.69) is 17.2 Å². The first-order valence-electron chi connectivity index (χ1n) is 6.24. The molecule has 1 aliphatic rings. The number of thioether (sulfide) groups is 1. The number of carbonyl (C=O) groups is 1. The van der Waals surface area contributed by atoms with Gasteiger partial charge in [0.1, 0.15) is 0 Å². The van der Waals surface area contributed by atoms with Gasteiger partial charge in [0.05, 0.1) is 5.56 Å². The minimum absolute atomic E-state index is 0.156. The summed E-state index contributed by atoms with van der Waals surface area (Å²) in [6.45, 7) is 2.13. The van der Waals surface area contributed by atoms with Crippen molar-refractivity contribution in [2.45, 2.75) is 37.5 Å². The lowest BCUT2D eigenvalue weighted by atomic mass is 10.2. The minimum atomic E-state index is -0.563. The highest BCUT2D eigenvalue weighted by molar-refractivity contribution is 7.99. The van der Waals surface area contributed by atoms with E-state index in [0.717, 1.165) is 25.0 Å². The van der Waals surface area contributed by atoms with Gasteiger partial charge in [-0.15, -0.1) is 0 Å². The lowest BCUT2D eigenvalue weighted by Crippen LogP contribution is -2.38. The van der Waals surface area contributed by atoms with E-state index in [1.54, 1.807) is 0 Å². The summed E-state index contributed by atoms with van der Waals surface area (Å²) in [6.07, 6.45) is 4.62. The first-order chi connectivity index (χ1) is 8.70. The van der Waals surface area contributed by atoms with Crippen molar-refractivity contribution in [2.24, 2.45) is 0 Å². The molecule has 1 amide bonds. The Morgan fingerprint density at radius 3 is 3.06 bits per heavy atom. The van der Waals surface area contributed by atoms with Gasteiger partial charge in [0, 0.05) is 17.5 Å². The predicted molar refractivity (Wildman–Crippen MR) is 71.2 cm³/mol. The molecule has 2 rings (SSSR count). The largest absolute Gasteiger partial charge is 0.348 e. The monoisotopic (exact) mass is 268 g/mol. The average Bonchev–Trinajstić information content (AvgIpc) is 2.78. The SMILES string of the molecule is CCSC1CCCC1NC(=O)c1ccc(F)nc1. The third-order valence-electron chi connectivity index (χ3n) is 3.14. The zero-order valence-corrected chi connectivity index (χ0v) is 11.2. The Morgan fingerprint density at radius 1 is 1.56 bits per heavy atom. The van der Waals surface area contributed by atoms with Crippen molar-refractivity contribution >= 4 is 17.7 Å². The molecule has 0 aromatic carbocycles. The topological polar surface area (TPSA) is 42.0 Å². The van der Waals surface area contributed by atoms with Crippen LogP contribution in [-0.4, -0.2) is 27.9 Å². The highest BCUT2D eigenvalue weighted by atomic mass is 32.2. The highest BCUT2D eigenvalue weighted by Gasteiger charge is 2.28. The molecule has 98 valence electrons. The highest BCUT2D eigenvalue weighted by Crippen LogP contribution is 2.29. The number of hydrogen-bond acceptors (Lipinski definition) is 3. The Balaban J connectivity index is 1.96. The first kappa shape index (κ1) is 13.3. The first-order valence-corrected chi connectivity index (χ1v) is 7.29. The van der Waals surface area contributed by atoms with Crippen molar-refractivity contribution in [1.82, 2.24) is 10.3 Å². The summed E-state index contributed by atoms with van der Waals surface area (Å²) in [5.74, 6) is 0.345. The van der Waals surface area contributed by atoms with Gasteiger partial charge in [-0.3, -0.25) is 4.79 Å². The molecule has 0 spiro atoms. The number of rotatable bonds is 4. The van der Waals surface area contributed by atoms with Crippen LogP contribution in [0.4, 0.5) is 4.39 Å². The van der Waals surface area contributed by atoms with E-state index in [0.29, 0.717) is 10.8 Å². The van der Waals surface area contributed by atoms with Crippen LogP contribution < -0.4 is 5.32 Å². The summed E-state index contributed by atoms with van der Waals surface area (Å²) in [7, 11) is 0. The number of halogens is 1. The molecule has 1 aromatic heterocycles. The molecular weight excluding hydrogens is 251 g/mol. The van der Waals surface area contributed by atoms with Crippen molar-refractivity contribution in [3.63, 3.8) is 0 Å². The van der Waals surface area contributed by atoms with E-state index < -0.39 is 5.95 Å². The number of carbonyl (C=O) groups excluding carboxylic acids is 1. The lowest BCUT2D eigenvalue weighted by Gasteiger charge is -2.20. The van der Waals surface area contributed by atoms with Crippen LogP contribution >= 0.6 is 11.8 Å². The Hall–Kier alpha value is -1.10. The number of aromatic nitrogens is 1. The van der Waals surface area contributed by atoms with Crippen LogP contribution in [0.5, 0.6) is 0 Å². The summed E-state index contributed by atoms with van der Waals surface area (Å²) in [4.78, 5) is 15.5. The Bertz CT molecular complexity index is 410. The van der Waals surface area contributed by atoms with Crippen LogP contribution in [0, 0.1) is 5.95 Å². The quantitative estimate of drug-likeness (QED) is 0.854. The van der Waals surface area contributed by atoms with Gasteiger partial charge in [0.2, 0.25) is 5.95 Å². The molecule has 18 heavy (non-hydrogen) atoms. The van der Waals surface area contributed by atoms with Gasteiger partial charge in [0.15, 0.2) is 0 Å². The second-order valence-corrected chi connectivity index (χ2v) is 5.89. The Kier molecular flexibility index (Phi) is 4.58. The van der Waals surface area contributed by atoms with E-state index >= 15 is 0 Å². The van der Waals surface area contributed by atoms with Crippen molar-refractivity contribution in [3.8, 4) is 0 Å². The standard InChI is InChI=1S/C13H17FN2OS/c1-2-18-11-5-3-4-10(11)16-13(17)9-6-7-12(14)15-8-9/h6-8,10-11H,2-5H2,1H3,(H,16,17). The smallest absolute Gasteiger partial charge is 0.253 e. The number of nitrogens with one attached hydrogen (secondary N) is 1. The molecule has 1 heterocycles. The van der Waals surface area contributed by atoms with Crippen molar-refractivity contribution in [2.75, 3.05) is 5.75 Å². The molecule has 5 heteroatoms. The van der Waals surface area contributed by atoms with Crippen LogP contribution in [0.15, 0.2) is 18.3 Å². The second kappa shape index (κ2) is 6.18. The zero-order chi connectivity index (χ0) is 13.0. The van der Waals surface area contributed by atoms with Gasteiger partial charge in [-0.2, -0.15) is 16.2 Å². The summed E-state index contributed by atoms with van der Waals surface area (Å²) in [5.41, 5.74) is 0.420. The normalized spacial score (nSPS) is 23.0. The second-order valence-electron chi connectivity index (χ2n) is 4.37. The molecule has 1 N–H and O–H groups in total. The molecule has 3 nitrogen and oxygen atoms in total. The summed E-state index contributed by atoms with van der Waals surface area (Å²) in [6, 6.07) is 2.91. The molecule has 2 atom stereocenters. The van der Waals surface area contributed by atoms with Gasteiger partial charge < -0.3 is 5.32 Å². The number of amides is 1. The maximum Gasteiger partial charge on any atom is 0.253 e. The van der Waals surface area contributed by atoms with Crippen LogP contribution in [0.1, 0.15) is 36.5 Å². The fourth-order valence-electron chi connectivity index (χ4n) is 2.27. The fourth-order valence-corrected chi connectivity index (χ4v) is 3.46. The van der Waals surface area contributed by atoms with Gasteiger partial charge >= 0.3 is 0 Å². The van der Waals surface area contributed by atoms with Gasteiger partial charge in [-0.1, -0.05) is 13.3 Å². The van der Waals surface area contributed by atoms with Crippen LogP contribution in [0.2, 0.25) is 0 Å². The number of pyridine rings is 1. The molecule has 1 aliphatic carbocycles. The molecular formula is C13H17FN2OS. The maximum atomic E-state index is 12.7. The zero-order valence-electron chi connectivity index (χ0n) is 10.4. The third-order valence-corrected chi connectivity index (χ3v) is 4.47. The van der Waals surface area contributed by atoms with E-state index in [4.69, 9.17) is 0 Å². The molecule has 2 unspecified atom stereocenters. The van der Waals surface area contributed by atoms with Crippen LogP contribution in [0.25, 0.3) is 0 Å². The molecule has 1 aromatic rings. The summed E-state index contributed by atoms with van der Waals surface area (Å²) >= 11 is 1.90. The molecule has 0 saturated heterocycles. The van der Waals surface area contributed by atoms with E-state index in [1.165, 1.54) is 18.3 Å². The predicted octanol–water partition coefficient (Wildman–Crippen LogP) is 2.62. The molecule has 0 bridgehead atoms. The van der Waals surface area contributed by atoms with Crippen molar-refractivity contribution in [1.29, 1.82) is 0 Å². The molecule has 0 aliphatic heterocycles. The van der Waals surface area contributed by atoms with Crippen molar-refractivity contribution < 1.29 is 9.18 Å². The van der Waals surface area contributed by atoms with Crippen LogP contribution in [-0.2, 0) is 0 Å². The van der Waals surface area contributed by atoms with E-state index in [1.807, 2.05) is 11.8 Å². The number of nitrogens with zero attached hydrogens (tertiary/aromatic N) is 1. The van der Waals surface area contributed by atoms with E-state index in [9.17, 15) is 9.18 Å². The molecule has 1 saturated carbocycles. The fraction of sp³-hybridized carbons (Fsp3) is 0.538. The number of hydrogen-bond donors (Lipinski definition) is 1. The maximum absolute atomic E-state index is 12.7. The third kappa shape index (κ3) is 3.22. The summed E-state index contributed by atoms with van der Waals surface area (Å²) in [5, 5.41) is 3.53. The summed E-state index contributed by atoms with van der Waals surface area (Å²) < 4.78 is 12.7. The lowest BCUT2D eigenvalue weighted by molar-refractivity contribution is 0.0938. The van der Waals surface area contributed by atoms with Gasteiger partial charge in [0.25, 0.3) is 5.91 Å². The average molecular weight is 268 g/mol. The minimum Gasteiger partial charge on any atom is -0.348 e.